The molecule has 0 unspecified atom stereocenters. The molecule has 32 heavy (non-hydrogen) atoms. The van der Waals surface area contributed by atoms with Crippen LogP contribution >= 0.6 is 24.0 Å². The first-order valence-corrected chi connectivity index (χ1v) is 12.8. The molecule has 4 rings (SSSR count). The number of fused-ring (bicyclic) bond motifs is 1. The van der Waals surface area contributed by atoms with E-state index in [0.717, 1.165) is 51.6 Å². The minimum absolute atomic E-state index is 0.0760. The fraction of sp³-hybridized carbons (Fsp3) is 0.500. The third-order valence-electron chi connectivity index (χ3n) is 6.07. The topological polar surface area (TPSA) is 57.9 Å². The first kappa shape index (κ1) is 23.0. The summed E-state index contributed by atoms with van der Waals surface area (Å²) < 4.78 is 2.15. The lowest BCUT2D eigenvalue weighted by molar-refractivity contribution is -0.124. The Morgan fingerprint density at radius 2 is 1.88 bits per heavy atom. The van der Waals surface area contributed by atoms with Crippen LogP contribution in [0.5, 0.6) is 0 Å². The van der Waals surface area contributed by atoms with Crippen molar-refractivity contribution in [2.45, 2.75) is 64.8 Å². The Morgan fingerprint density at radius 3 is 2.56 bits per heavy atom. The predicted octanol–water partition coefficient (Wildman–Crippen LogP) is 4.85. The zero-order valence-corrected chi connectivity index (χ0v) is 20.4. The van der Waals surface area contributed by atoms with Crippen LogP contribution in [-0.2, 0) is 4.79 Å². The van der Waals surface area contributed by atoms with Gasteiger partial charge in [-0.2, -0.15) is 0 Å². The van der Waals surface area contributed by atoms with Crippen molar-refractivity contribution < 1.29 is 4.79 Å². The van der Waals surface area contributed by atoms with E-state index in [-0.39, 0.29) is 17.5 Å². The van der Waals surface area contributed by atoms with Gasteiger partial charge in [0, 0.05) is 25.3 Å². The van der Waals surface area contributed by atoms with Gasteiger partial charge in [-0.3, -0.25) is 18.9 Å². The molecule has 1 aliphatic carbocycles. The quantitative estimate of drug-likeness (QED) is 0.426. The number of carbonyl (C=O) groups excluding carboxylic acids is 1. The zero-order chi connectivity index (χ0) is 22.7. The van der Waals surface area contributed by atoms with E-state index in [4.69, 9.17) is 17.2 Å². The Kier molecular flexibility index (Phi) is 7.30. The lowest BCUT2D eigenvalue weighted by atomic mass is 9.94. The summed E-state index contributed by atoms with van der Waals surface area (Å²) in [6.07, 6.45) is 10.8. The van der Waals surface area contributed by atoms with Crippen LogP contribution < -0.4 is 10.5 Å². The van der Waals surface area contributed by atoms with Gasteiger partial charge in [-0.1, -0.05) is 63.2 Å². The Labute approximate surface area is 198 Å². The Balaban J connectivity index is 1.80. The van der Waals surface area contributed by atoms with E-state index in [2.05, 4.69) is 18.7 Å². The Hall–Kier alpha value is -2.19. The minimum Gasteiger partial charge on any atom is -0.356 e. The van der Waals surface area contributed by atoms with Gasteiger partial charge in [0.25, 0.3) is 11.5 Å². The van der Waals surface area contributed by atoms with Crippen LogP contribution in [0.4, 0.5) is 5.82 Å². The van der Waals surface area contributed by atoms with Crippen LogP contribution in [0, 0.1) is 0 Å². The summed E-state index contributed by atoms with van der Waals surface area (Å²) in [5.74, 6) is 0.570. The third kappa shape index (κ3) is 4.48. The van der Waals surface area contributed by atoms with E-state index in [0.29, 0.717) is 26.3 Å². The van der Waals surface area contributed by atoms with Gasteiger partial charge in [0.2, 0.25) is 0 Å². The van der Waals surface area contributed by atoms with Gasteiger partial charge >= 0.3 is 0 Å². The summed E-state index contributed by atoms with van der Waals surface area (Å²) in [7, 11) is 0. The molecule has 0 aromatic carbocycles. The number of nitrogens with zero attached hydrogens (tertiary/aromatic N) is 4. The maximum atomic E-state index is 13.5. The van der Waals surface area contributed by atoms with Crippen molar-refractivity contribution in [1.82, 2.24) is 14.3 Å². The van der Waals surface area contributed by atoms with Crippen LogP contribution in [-0.4, -0.2) is 43.6 Å². The molecule has 6 nitrogen and oxygen atoms in total. The molecule has 0 radical (unpaired) electrons. The zero-order valence-electron chi connectivity index (χ0n) is 18.7. The maximum absolute atomic E-state index is 13.5. The van der Waals surface area contributed by atoms with Crippen molar-refractivity contribution in [1.29, 1.82) is 0 Å². The molecule has 2 aromatic heterocycles. The summed E-state index contributed by atoms with van der Waals surface area (Å²) in [5.41, 5.74) is 0.905. The first-order chi connectivity index (χ1) is 15.5. The predicted molar refractivity (Wildman–Crippen MR) is 136 cm³/mol. The van der Waals surface area contributed by atoms with Crippen molar-refractivity contribution in [2.75, 3.05) is 18.0 Å². The number of pyridine rings is 1. The standard InChI is InChI=1S/C24H30N4O2S2/c1-3-13-26(14-4-2)21-18(22(29)27-15-9-8-12-20(27)25-21)16-19-23(30)28(24(31)32-19)17-10-6-5-7-11-17/h8-9,12,15-17H,3-7,10-11,13-14H2,1-2H3. The van der Waals surface area contributed by atoms with Crippen LogP contribution in [0.3, 0.4) is 0 Å². The lowest BCUT2D eigenvalue weighted by Crippen LogP contribution is -2.39. The van der Waals surface area contributed by atoms with Gasteiger partial charge < -0.3 is 4.90 Å². The number of aromatic nitrogens is 2. The van der Waals surface area contributed by atoms with Crippen molar-refractivity contribution in [3.8, 4) is 0 Å². The van der Waals surface area contributed by atoms with Crippen molar-refractivity contribution in [2.24, 2.45) is 0 Å². The second-order valence-electron chi connectivity index (χ2n) is 8.41. The molecule has 2 fully saturated rings. The third-order valence-corrected chi connectivity index (χ3v) is 7.40. The molecule has 2 aromatic rings. The number of carbonyl (C=O) groups is 1. The summed E-state index contributed by atoms with van der Waals surface area (Å²) in [4.78, 5) is 36.1. The molecule has 1 saturated heterocycles. The molecule has 0 bridgehead atoms. The number of amides is 1. The fourth-order valence-electron chi connectivity index (χ4n) is 4.59. The number of thiocarbonyl (C=S) groups is 1. The van der Waals surface area contributed by atoms with Gasteiger partial charge in [0.05, 0.1) is 10.5 Å². The summed E-state index contributed by atoms with van der Waals surface area (Å²) in [6.45, 7) is 5.83. The van der Waals surface area contributed by atoms with E-state index < -0.39 is 0 Å². The number of anilines is 1. The molecule has 3 heterocycles. The summed E-state index contributed by atoms with van der Waals surface area (Å²) in [5, 5.41) is 0. The van der Waals surface area contributed by atoms with E-state index in [1.54, 1.807) is 21.6 Å². The highest BCUT2D eigenvalue weighted by Gasteiger charge is 2.38. The molecule has 1 aliphatic heterocycles. The number of hydrogen-bond donors (Lipinski definition) is 0. The first-order valence-electron chi connectivity index (χ1n) is 11.6. The molecule has 8 heteroatoms. The normalized spacial score (nSPS) is 18.8. The van der Waals surface area contributed by atoms with Crippen LogP contribution in [0.1, 0.15) is 64.4 Å². The van der Waals surface area contributed by atoms with Crippen molar-refractivity contribution in [3.63, 3.8) is 0 Å². The minimum atomic E-state index is -0.161. The lowest BCUT2D eigenvalue weighted by Gasteiger charge is -2.29. The van der Waals surface area contributed by atoms with Gasteiger partial charge in [0.1, 0.15) is 15.8 Å². The molecule has 0 atom stereocenters. The second-order valence-corrected chi connectivity index (χ2v) is 10.1. The average molecular weight is 471 g/mol. The van der Waals surface area contributed by atoms with E-state index in [1.165, 1.54) is 18.2 Å². The van der Waals surface area contributed by atoms with Crippen LogP contribution in [0.15, 0.2) is 34.1 Å². The van der Waals surface area contributed by atoms with Gasteiger partial charge in [-0.15, -0.1) is 0 Å². The summed E-state index contributed by atoms with van der Waals surface area (Å²) >= 11 is 6.89. The number of thioether (sulfide) groups is 1. The molecule has 1 saturated carbocycles. The average Bonchev–Trinajstić information content (AvgIpc) is 3.08. The largest absolute Gasteiger partial charge is 0.356 e. The highest BCUT2D eigenvalue weighted by molar-refractivity contribution is 8.26. The molecule has 0 N–H and O–H groups in total. The van der Waals surface area contributed by atoms with E-state index in [9.17, 15) is 9.59 Å². The molecule has 1 amide bonds. The number of rotatable bonds is 7. The second kappa shape index (κ2) is 10.2. The Bertz CT molecular complexity index is 1100. The Morgan fingerprint density at radius 1 is 1.16 bits per heavy atom. The summed E-state index contributed by atoms with van der Waals surface area (Å²) in [6, 6.07) is 5.71. The van der Waals surface area contributed by atoms with Crippen LogP contribution in [0.2, 0.25) is 0 Å². The monoisotopic (exact) mass is 470 g/mol. The van der Waals surface area contributed by atoms with Gasteiger partial charge in [0.15, 0.2) is 0 Å². The highest BCUT2D eigenvalue weighted by atomic mass is 32.2. The molecule has 0 spiro atoms. The molecular formula is C24H30N4O2S2. The fourth-order valence-corrected chi connectivity index (χ4v) is 5.97. The smallest absolute Gasteiger partial charge is 0.267 e. The van der Waals surface area contributed by atoms with Crippen LogP contribution in [0.25, 0.3) is 11.7 Å². The van der Waals surface area contributed by atoms with Crippen molar-refractivity contribution >= 4 is 51.7 Å². The highest BCUT2D eigenvalue weighted by Crippen LogP contribution is 2.37. The maximum Gasteiger partial charge on any atom is 0.267 e. The SMILES string of the molecule is CCCN(CCC)c1nc2ccccn2c(=O)c1C=C1SC(=S)N(C2CCCCC2)C1=O. The van der Waals surface area contributed by atoms with E-state index >= 15 is 0 Å². The van der Waals surface area contributed by atoms with Gasteiger partial charge in [-0.25, -0.2) is 4.98 Å². The molecular weight excluding hydrogens is 440 g/mol. The molecule has 2 aliphatic rings. The van der Waals surface area contributed by atoms with E-state index in [1.807, 2.05) is 18.2 Å². The van der Waals surface area contributed by atoms with Gasteiger partial charge in [-0.05, 0) is 43.9 Å². The van der Waals surface area contributed by atoms with Crippen molar-refractivity contribution in [3.05, 3.63) is 45.2 Å². The molecule has 170 valence electrons. The number of hydrogen-bond acceptors (Lipinski definition) is 6.